The van der Waals surface area contributed by atoms with Crippen molar-refractivity contribution in [2.75, 3.05) is 4.90 Å². The molecule has 0 aliphatic carbocycles. The molecule has 0 aromatic carbocycles. The Labute approximate surface area is 95.0 Å². The number of nitrogens with zero attached hydrogens (tertiary/aromatic N) is 3. The predicted molar refractivity (Wildman–Crippen MR) is 53.2 cm³/mol. The molecule has 17 heavy (non-hydrogen) atoms. The zero-order valence-corrected chi connectivity index (χ0v) is 8.98. The fourth-order valence-electron chi connectivity index (χ4n) is 1.76. The highest BCUT2D eigenvalue weighted by Gasteiger charge is 2.43. The minimum atomic E-state index is -4.33. The molecule has 5 nitrogen and oxygen atoms in total. The molecule has 0 spiro atoms. The molecule has 94 valence electrons. The van der Waals surface area contributed by atoms with Crippen molar-refractivity contribution < 1.29 is 18.0 Å². The summed E-state index contributed by atoms with van der Waals surface area (Å²) in [5, 5.41) is 3.56. The molecule has 1 aliphatic heterocycles. The number of carbonyl (C=O) groups excluding carboxylic acids is 1. The van der Waals surface area contributed by atoms with Gasteiger partial charge in [0, 0.05) is 6.20 Å². The van der Waals surface area contributed by atoms with Crippen molar-refractivity contribution in [3.8, 4) is 0 Å². The van der Waals surface area contributed by atoms with E-state index in [0.29, 0.717) is 5.69 Å². The number of hydrogen-bond acceptors (Lipinski definition) is 3. The summed E-state index contributed by atoms with van der Waals surface area (Å²) >= 11 is 0. The second kappa shape index (κ2) is 3.73. The molecule has 0 radical (unpaired) electrons. The number of anilines is 1. The van der Waals surface area contributed by atoms with E-state index in [1.165, 1.54) is 17.3 Å². The molecule has 0 unspecified atom stereocenters. The first-order valence-corrected chi connectivity index (χ1v) is 4.97. The summed E-state index contributed by atoms with van der Waals surface area (Å²) in [4.78, 5) is 12.7. The number of nitrogens with two attached hydrogens (primary N) is 1. The van der Waals surface area contributed by atoms with Gasteiger partial charge in [-0.1, -0.05) is 0 Å². The van der Waals surface area contributed by atoms with Crippen LogP contribution in [0, 0.1) is 0 Å². The molecule has 1 aromatic rings. The lowest BCUT2D eigenvalue weighted by molar-refractivity contribution is -0.142. The Morgan fingerprint density at radius 3 is 2.71 bits per heavy atom. The standard InChI is InChI=1S/C9H11F3N4O/c1-5-7(13)8(17)16(5)6-2-14-15(3-6)4-9(10,11)12/h2-3,5,7H,4,13H2,1H3/t5-,7+/m1/s1. The van der Waals surface area contributed by atoms with Crippen LogP contribution in [0.15, 0.2) is 12.4 Å². The lowest BCUT2D eigenvalue weighted by Gasteiger charge is -2.42. The smallest absolute Gasteiger partial charge is 0.318 e. The third-order valence-electron chi connectivity index (χ3n) is 2.69. The molecule has 2 N–H and O–H groups in total. The molecular weight excluding hydrogens is 237 g/mol. The number of β-lactam (4-membered cyclic amide) rings is 1. The zero-order chi connectivity index (χ0) is 12.8. The van der Waals surface area contributed by atoms with Crippen LogP contribution in [0.1, 0.15) is 6.92 Å². The average Bonchev–Trinajstić information content (AvgIpc) is 2.63. The van der Waals surface area contributed by atoms with Gasteiger partial charge in [-0.15, -0.1) is 0 Å². The quantitative estimate of drug-likeness (QED) is 0.775. The Balaban J connectivity index is 2.12. The normalized spacial score (nSPS) is 25.0. The molecule has 1 aliphatic rings. The molecule has 1 fully saturated rings. The third-order valence-corrected chi connectivity index (χ3v) is 2.69. The van der Waals surface area contributed by atoms with Gasteiger partial charge in [0.15, 0.2) is 0 Å². The van der Waals surface area contributed by atoms with Gasteiger partial charge in [-0.25, -0.2) is 0 Å². The number of halogens is 3. The topological polar surface area (TPSA) is 64.2 Å². The number of hydrogen-bond donors (Lipinski definition) is 1. The van der Waals surface area contributed by atoms with E-state index in [2.05, 4.69) is 5.10 Å². The van der Waals surface area contributed by atoms with Crippen LogP contribution in [-0.2, 0) is 11.3 Å². The monoisotopic (exact) mass is 248 g/mol. The number of aromatic nitrogens is 2. The number of alkyl halides is 3. The molecule has 2 atom stereocenters. The van der Waals surface area contributed by atoms with Gasteiger partial charge in [0.05, 0.1) is 17.9 Å². The van der Waals surface area contributed by atoms with Crippen molar-refractivity contribution in [2.45, 2.75) is 31.7 Å². The highest BCUT2D eigenvalue weighted by atomic mass is 19.4. The number of amides is 1. The SMILES string of the molecule is C[C@@H]1[C@H](N)C(=O)N1c1cnn(CC(F)(F)F)c1. The van der Waals surface area contributed by atoms with Gasteiger partial charge < -0.3 is 10.6 Å². The maximum absolute atomic E-state index is 12.1. The summed E-state index contributed by atoms with van der Waals surface area (Å²) in [7, 11) is 0. The van der Waals surface area contributed by atoms with E-state index in [9.17, 15) is 18.0 Å². The third kappa shape index (κ3) is 2.12. The van der Waals surface area contributed by atoms with E-state index in [-0.39, 0.29) is 11.9 Å². The lowest BCUT2D eigenvalue weighted by atomic mass is 9.97. The minimum Gasteiger partial charge on any atom is -0.318 e. The maximum Gasteiger partial charge on any atom is 0.408 e. The largest absolute Gasteiger partial charge is 0.408 e. The van der Waals surface area contributed by atoms with Crippen molar-refractivity contribution in [3.63, 3.8) is 0 Å². The van der Waals surface area contributed by atoms with E-state index in [1.54, 1.807) is 6.92 Å². The Hall–Kier alpha value is -1.57. The first-order chi connectivity index (χ1) is 7.79. The summed E-state index contributed by atoms with van der Waals surface area (Å²) in [6, 6.07) is -0.799. The van der Waals surface area contributed by atoms with Gasteiger partial charge in [-0.2, -0.15) is 18.3 Å². The predicted octanol–water partition coefficient (Wildman–Crippen LogP) is 0.508. The summed E-state index contributed by atoms with van der Waals surface area (Å²) in [6.07, 6.45) is -1.91. The van der Waals surface area contributed by atoms with Gasteiger partial charge in [-0.05, 0) is 6.92 Å². The van der Waals surface area contributed by atoms with Crippen LogP contribution < -0.4 is 10.6 Å². The Morgan fingerprint density at radius 1 is 1.53 bits per heavy atom. The summed E-state index contributed by atoms with van der Waals surface area (Å²) in [5.74, 6) is -0.302. The molecule has 1 aromatic heterocycles. The highest BCUT2D eigenvalue weighted by Crippen LogP contribution is 2.27. The molecule has 0 saturated carbocycles. The fraction of sp³-hybridized carbons (Fsp3) is 0.556. The van der Waals surface area contributed by atoms with E-state index < -0.39 is 18.8 Å². The van der Waals surface area contributed by atoms with E-state index >= 15 is 0 Å². The van der Waals surface area contributed by atoms with Gasteiger partial charge in [-0.3, -0.25) is 9.48 Å². The minimum absolute atomic E-state index is 0.217. The second-order valence-electron chi connectivity index (χ2n) is 3.99. The van der Waals surface area contributed by atoms with Gasteiger partial charge in [0.2, 0.25) is 5.91 Å². The molecule has 1 amide bonds. The van der Waals surface area contributed by atoms with Crippen LogP contribution in [0.4, 0.5) is 18.9 Å². The van der Waals surface area contributed by atoms with Crippen molar-refractivity contribution in [3.05, 3.63) is 12.4 Å². The van der Waals surface area contributed by atoms with Crippen LogP contribution >= 0.6 is 0 Å². The van der Waals surface area contributed by atoms with E-state index in [0.717, 1.165) is 4.68 Å². The van der Waals surface area contributed by atoms with Crippen molar-refractivity contribution >= 4 is 11.6 Å². The van der Waals surface area contributed by atoms with Gasteiger partial charge >= 0.3 is 6.18 Å². The summed E-state index contributed by atoms with van der Waals surface area (Å²) < 4.78 is 37.1. The number of carbonyl (C=O) groups is 1. The Bertz CT molecular complexity index is 442. The highest BCUT2D eigenvalue weighted by molar-refractivity contribution is 6.05. The first-order valence-electron chi connectivity index (χ1n) is 4.97. The van der Waals surface area contributed by atoms with Crippen molar-refractivity contribution in [1.29, 1.82) is 0 Å². The summed E-state index contributed by atoms with van der Waals surface area (Å²) in [6.45, 7) is 0.558. The van der Waals surface area contributed by atoms with Crippen LogP contribution in [0.25, 0.3) is 0 Å². The van der Waals surface area contributed by atoms with Crippen molar-refractivity contribution in [2.24, 2.45) is 5.73 Å². The van der Waals surface area contributed by atoms with Gasteiger partial charge in [0.1, 0.15) is 12.6 Å². The van der Waals surface area contributed by atoms with E-state index in [4.69, 9.17) is 5.73 Å². The zero-order valence-electron chi connectivity index (χ0n) is 8.98. The number of rotatable bonds is 2. The van der Waals surface area contributed by atoms with Crippen LogP contribution in [0.2, 0.25) is 0 Å². The van der Waals surface area contributed by atoms with E-state index in [1.807, 2.05) is 0 Å². The van der Waals surface area contributed by atoms with Gasteiger partial charge in [0.25, 0.3) is 0 Å². The molecule has 2 heterocycles. The molecule has 2 rings (SSSR count). The average molecular weight is 248 g/mol. The Morgan fingerprint density at radius 2 is 2.18 bits per heavy atom. The summed E-state index contributed by atoms with van der Waals surface area (Å²) in [5.41, 5.74) is 5.84. The van der Waals surface area contributed by atoms with Crippen LogP contribution in [0.3, 0.4) is 0 Å². The molecule has 8 heteroatoms. The molecule has 0 bridgehead atoms. The molecular formula is C9H11F3N4O. The second-order valence-corrected chi connectivity index (χ2v) is 3.99. The van der Waals surface area contributed by atoms with Crippen LogP contribution in [0.5, 0.6) is 0 Å². The Kier molecular flexibility index (Phi) is 2.61. The first kappa shape index (κ1) is 11.9. The molecule has 1 saturated heterocycles. The van der Waals surface area contributed by atoms with Crippen LogP contribution in [-0.4, -0.2) is 33.9 Å². The van der Waals surface area contributed by atoms with Crippen molar-refractivity contribution in [1.82, 2.24) is 9.78 Å². The lowest BCUT2D eigenvalue weighted by Crippen LogP contribution is -2.67. The fourth-order valence-corrected chi connectivity index (χ4v) is 1.76. The maximum atomic E-state index is 12.1.